The summed E-state index contributed by atoms with van der Waals surface area (Å²) in [5.74, 6) is -0.581. The number of carbonyl (C=O) groups is 1. The third-order valence-electron chi connectivity index (χ3n) is 4.76. The van der Waals surface area contributed by atoms with E-state index >= 15 is 0 Å². The highest BCUT2D eigenvalue weighted by atomic mass is 32.2. The number of hydrogen-bond donors (Lipinski definition) is 0. The van der Waals surface area contributed by atoms with Crippen LogP contribution in [0.2, 0.25) is 0 Å². The molecule has 8 heteroatoms. The highest BCUT2D eigenvalue weighted by Crippen LogP contribution is 2.38. The SMILES string of the molecule is COC(=O)C1c2ccsc2CCN1S(=O)(=O)c1cccc2ccc(C)nc12. The predicted molar refractivity (Wildman–Crippen MR) is 103 cm³/mol. The number of aromatic nitrogens is 1. The summed E-state index contributed by atoms with van der Waals surface area (Å²) in [7, 11) is -2.68. The van der Waals surface area contributed by atoms with Gasteiger partial charge in [0.2, 0.25) is 10.0 Å². The molecule has 1 aromatic carbocycles. The smallest absolute Gasteiger partial charge is 0.328 e. The first-order valence-corrected chi connectivity index (χ1v) is 10.8. The fourth-order valence-corrected chi connectivity index (χ4v) is 6.08. The lowest BCUT2D eigenvalue weighted by molar-refractivity contribution is -0.145. The zero-order chi connectivity index (χ0) is 19.2. The average molecular weight is 402 g/mol. The van der Waals surface area contributed by atoms with Gasteiger partial charge < -0.3 is 4.74 Å². The molecule has 2 aromatic heterocycles. The summed E-state index contributed by atoms with van der Waals surface area (Å²) in [6.07, 6.45) is 0.566. The number of para-hydroxylation sites is 1. The molecule has 1 aliphatic heterocycles. The Morgan fingerprint density at radius 1 is 1.26 bits per heavy atom. The normalized spacial score (nSPS) is 17.6. The zero-order valence-corrected chi connectivity index (χ0v) is 16.5. The maximum Gasteiger partial charge on any atom is 0.328 e. The monoisotopic (exact) mass is 402 g/mol. The minimum atomic E-state index is -3.96. The van der Waals surface area contributed by atoms with Gasteiger partial charge in [-0.2, -0.15) is 4.31 Å². The van der Waals surface area contributed by atoms with E-state index in [4.69, 9.17) is 4.74 Å². The van der Waals surface area contributed by atoms with Gasteiger partial charge in [-0.25, -0.2) is 13.2 Å². The molecular weight excluding hydrogens is 384 g/mol. The Labute approximate surface area is 161 Å². The van der Waals surface area contributed by atoms with E-state index in [1.54, 1.807) is 18.2 Å². The summed E-state index contributed by atoms with van der Waals surface area (Å²) in [6.45, 7) is 2.04. The number of esters is 1. The number of thiophene rings is 1. The molecule has 0 saturated carbocycles. The lowest BCUT2D eigenvalue weighted by atomic mass is 10.0. The molecule has 0 radical (unpaired) electrons. The Hall–Kier alpha value is -2.29. The second kappa shape index (κ2) is 6.70. The minimum Gasteiger partial charge on any atom is -0.468 e. The topological polar surface area (TPSA) is 76.6 Å². The molecule has 0 amide bonds. The van der Waals surface area contributed by atoms with Crippen LogP contribution < -0.4 is 0 Å². The lowest BCUT2D eigenvalue weighted by Crippen LogP contribution is -2.43. The van der Waals surface area contributed by atoms with Crippen LogP contribution in [0, 0.1) is 6.92 Å². The van der Waals surface area contributed by atoms with Crippen molar-refractivity contribution in [2.75, 3.05) is 13.7 Å². The van der Waals surface area contributed by atoms with Gasteiger partial charge >= 0.3 is 5.97 Å². The third-order valence-corrected chi connectivity index (χ3v) is 7.65. The number of pyridine rings is 1. The molecule has 0 aliphatic carbocycles. The number of aryl methyl sites for hydroxylation is 1. The maximum atomic E-state index is 13.6. The fraction of sp³-hybridized carbons (Fsp3) is 0.263. The number of rotatable bonds is 3. The van der Waals surface area contributed by atoms with E-state index in [9.17, 15) is 13.2 Å². The summed E-state index contributed by atoms with van der Waals surface area (Å²) in [5.41, 5.74) is 1.84. The Morgan fingerprint density at radius 2 is 2.07 bits per heavy atom. The molecule has 0 N–H and O–H groups in total. The van der Waals surface area contributed by atoms with Crippen LogP contribution in [0.3, 0.4) is 0 Å². The summed E-state index contributed by atoms with van der Waals surface area (Å²) in [6, 6.07) is 9.58. The molecule has 1 unspecified atom stereocenters. The van der Waals surface area contributed by atoms with E-state index in [2.05, 4.69) is 4.98 Å². The van der Waals surface area contributed by atoms with Gasteiger partial charge in [-0.05, 0) is 42.5 Å². The first kappa shape index (κ1) is 18.1. The average Bonchev–Trinajstić information content (AvgIpc) is 3.14. The van der Waals surface area contributed by atoms with Crippen LogP contribution in [0.5, 0.6) is 0 Å². The van der Waals surface area contributed by atoms with Crippen LogP contribution >= 0.6 is 11.3 Å². The zero-order valence-electron chi connectivity index (χ0n) is 14.9. The molecule has 0 saturated heterocycles. The maximum absolute atomic E-state index is 13.6. The molecule has 3 aromatic rings. The first-order valence-electron chi connectivity index (χ1n) is 8.46. The van der Waals surface area contributed by atoms with Crippen molar-refractivity contribution >= 4 is 38.2 Å². The van der Waals surface area contributed by atoms with Crippen molar-refractivity contribution in [2.45, 2.75) is 24.3 Å². The summed E-state index contributed by atoms with van der Waals surface area (Å²) < 4.78 is 33.3. The number of fused-ring (bicyclic) bond motifs is 2. The molecule has 4 rings (SSSR count). The lowest BCUT2D eigenvalue weighted by Gasteiger charge is -2.33. The quantitative estimate of drug-likeness (QED) is 0.630. The summed E-state index contributed by atoms with van der Waals surface area (Å²) in [4.78, 5) is 18.1. The second-order valence-electron chi connectivity index (χ2n) is 6.37. The van der Waals surface area contributed by atoms with Crippen molar-refractivity contribution < 1.29 is 17.9 Å². The van der Waals surface area contributed by atoms with Crippen molar-refractivity contribution in [1.29, 1.82) is 0 Å². The molecule has 1 aliphatic rings. The van der Waals surface area contributed by atoms with E-state index in [1.807, 2.05) is 30.5 Å². The van der Waals surface area contributed by atoms with E-state index in [0.29, 0.717) is 17.5 Å². The van der Waals surface area contributed by atoms with Crippen molar-refractivity contribution in [1.82, 2.24) is 9.29 Å². The first-order chi connectivity index (χ1) is 12.9. The second-order valence-corrected chi connectivity index (χ2v) is 9.23. The largest absolute Gasteiger partial charge is 0.468 e. The van der Waals surface area contributed by atoms with Crippen LogP contribution in [-0.2, 0) is 26.0 Å². The Bertz CT molecular complexity index is 1140. The predicted octanol–water partition coefficient (Wildman–Crippen LogP) is 3.07. The highest BCUT2D eigenvalue weighted by molar-refractivity contribution is 7.89. The Kier molecular flexibility index (Phi) is 4.49. The van der Waals surface area contributed by atoms with Crippen molar-refractivity contribution in [3.05, 3.63) is 57.9 Å². The van der Waals surface area contributed by atoms with Gasteiger partial charge in [-0.3, -0.25) is 4.98 Å². The van der Waals surface area contributed by atoms with Gasteiger partial charge in [-0.1, -0.05) is 18.2 Å². The molecular formula is C19H18N2O4S2. The molecule has 6 nitrogen and oxygen atoms in total. The minimum absolute atomic E-state index is 0.108. The number of sulfonamides is 1. The van der Waals surface area contributed by atoms with Gasteiger partial charge in [0.15, 0.2) is 0 Å². The number of hydrogen-bond acceptors (Lipinski definition) is 6. The van der Waals surface area contributed by atoms with Crippen molar-refractivity contribution in [3.63, 3.8) is 0 Å². The van der Waals surface area contributed by atoms with E-state index in [1.165, 1.54) is 22.8 Å². The third kappa shape index (κ3) is 2.93. The molecule has 0 bridgehead atoms. The van der Waals surface area contributed by atoms with Gasteiger partial charge in [0, 0.05) is 22.5 Å². The number of benzene rings is 1. The van der Waals surface area contributed by atoms with Crippen LogP contribution in [-0.4, -0.2) is 37.3 Å². The Morgan fingerprint density at radius 3 is 2.85 bits per heavy atom. The van der Waals surface area contributed by atoms with Crippen LogP contribution in [0.15, 0.2) is 46.7 Å². The summed E-state index contributed by atoms with van der Waals surface area (Å²) in [5, 5.41) is 2.61. The van der Waals surface area contributed by atoms with Gasteiger partial charge in [0.1, 0.15) is 10.9 Å². The molecule has 1 atom stereocenters. The molecule has 0 fully saturated rings. The molecule has 0 spiro atoms. The molecule has 27 heavy (non-hydrogen) atoms. The molecule has 3 heterocycles. The summed E-state index contributed by atoms with van der Waals surface area (Å²) >= 11 is 1.53. The van der Waals surface area contributed by atoms with E-state index in [-0.39, 0.29) is 11.4 Å². The van der Waals surface area contributed by atoms with Crippen LogP contribution in [0.1, 0.15) is 22.2 Å². The number of ether oxygens (including phenoxy) is 1. The van der Waals surface area contributed by atoms with Gasteiger partial charge in [0.05, 0.1) is 12.6 Å². The van der Waals surface area contributed by atoms with Crippen molar-refractivity contribution in [3.8, 4) is 0 Å². The molecule has 140 valence electrons. The van der Waals surface area contributed by atoms with Gasteiger partial charge in [0.25, 0.3) is 0 Å². The highest BCUT2D eigenvalue weighted by Gasteiger charge is 2.42. The number of nitrogens with zero attached hydrogens (tertiary/aromatic N) is 2. The van der Waals surface area contributed by atoms with Crippen molar-refractivity contribution in [2.24, 2.45) is 0 Å². The Balaban J connectivity index is 1.89. The van der Waals surface area contributed by atoms with E-state index in [0.717, 1.165) is 16.0 Å². The number of methoxy groups -OCH3 is 1. The number of carbonyl (C=O) groups excluding carboxylic acids is 1. The van der Waals surface area contributed by atoms with Gasteiger partial charge in [-0.15, -0.1) is 11.3 Å². The van der Waals surface area contributed by atoms with Crippen LogP contribution in [0.4, 0.5) is 0 Å². The standard InChI is InChI=1S/C19H18N2O4S2/c1-12-6-7-13-4-3-5-16(17(13)20-12)27(23,24)21-10-8-15-14(9-11-26-15)18(21)19(22)25-2/h3-7,9,11,18H,8,10H2,1-2H3. The fourth-order valence-electron chi connectivity index (χ4n) is 3.46. The van der Waals surface area contributed by atoms with E-state index < -0.39 is 22.0 Å². The van der Waals surface area contributed by atoms with Crippen LogP contribution in [0.25, 0.3) is 10.9 Å².